The zero-order valence-corrected chi connectivity index (χ0v) is 15.7. The van der Waals surface area contributed by atoms with Crippen molar-refractivity contribution in [3.8, 4) is 0 Å². The number of hydrogen-bond donors (Lipinski definition) is 2. The van der Waals surface area contributed by atoms with E-state index in [1.165, 1.54) is 0 Å². The van der Waals surface area contributed by atoms with Gasteiger partial charge in [-0.2, -0.15) is 0 Å². The Hall–Kier alpha value is -1.86. The Morgan fingerprint density at radius 3 is 2.36 bits per heavy atom. The summed E-state index contributed by atoms with van der Waals surface area (Å²) in [6.45, 7) is 2.24. The minimum atomic E-state index is -3.56. The number of amides is 1. The monoisotopic (exact) mass is 378 g/mol. The second-order valence-corrected chi connectivity index (χ2v) is 9.40. The van der Waals surface area contributed by atoms with Crippen LogP contribution in [0.5, 0.6) is 0 Å². The van der Waals surface area contributed by atoms with E-state index >= 15 is 0 Å². The van der Waals surface area contributed by atoms with Crippen molar-refractivity contribution in [3.05, 3.63) is 47.3 Å². The van der Waals surface area contributed by atoms with Crippen molar-refractivity contribution in [2.45, 2.75) is 42.9 Å². The number of benzene rings is 1. The van der Waals surface area contributed by atoms with Crippen LogP contribution < -0.4 is 10.0 Å². The number of anilines is 1. The van der Waals surface area contributed by atoms with E-state index in [4.69, 9.17) is 0 Å². The number of carbonyl (C=O) groups is 1. The van der Waals surface area contributed by atoms with E-state index in [9.17, 15) is 13.2 Å². The average molecular weight is 379 g/mol. The topological polar surface area (TPSA) is 75.3 Å². The molecule has 1 saturated carbocycles. The van der Waals surface area contributed by atoms with Crippen molar-refractivity contribution in [1.82, 2.24) is 5.32 Å². The molecular weight excluding hydrogens is 356 g/mol. The number of sulfonamides is 1. The molecule has 1 aliphatic carbocycles. The van der Waals surface area contributed by atoms with E-state index in [1.807, 2.05) is 0 Å². The van der Waals surface area contributed by atoms with Crippen molar-refractivity contribution in [2.24, 2.45) is 5.92 Å². The fourth-order valence-electron chi connectivity index (χ4n) is 2.98. The molecular formula is C18H22N2O3S2. The first-order valence-corrected chi connectivity index (χ1v) is 10.8. The Kier molecular flexibility index (Phi) is 5.44. The fraction of sp³-hybridized carbons (Fsp3) is 0.389. The van der Waals surface area contributed by atoms with Crippen LogP contribution in [0.4, 0.5) is 5.69 Å². The van der Waals surface area contributed by atoms with E-state index in [1.54, 1.807) is 41.8 Å². The van der Waals surface area contributed by atoms with E-state index in [-0.39, 0.29) is 16.2 Å². The van der Waals surface area contributed by atoms with Crippen molar-refractivity contribution in [2.75, 3.05) is 4.72 Å². The highest BCUT2D eigenvalue weighted by Gasteiger charge is 2.20. The van der Waals surface area contributed by atoms with Gasteiger partial charge in [0, 0.05) is 17.3 Å². The van der Waals surface area contributed by atoms with Gasteiger partial charge >= 0.3 is 0 Å². The Bertz CT molecular complexity index is 807. The molecule has 1 amide bonds. The van der Waals surface area contributed by atoms with Crippen molar-refractivity contribution in [1.29, 1.82) is 0 Å². The molecule has 5 nitrogen and oxygen atoms in total. The van der Waals surface area contributed by atoms with Gasteiger partial charge in [0.1, 0.15) is 4.21 Å². The molecule has 0 radical (unpaired) electrons. The number of thiophene rings is 1. The van der Waals surface area contributed by atoms with Gasteiger partial charge in [0.25, 0.3) is 15.9 Å². The van der Waals surface area contributed by atoms with Crippen molar-refractivity contribution >= 4 is 33.0 Å². The number of rotatable bonds is 5. The maximum Gasteiger partial charge on any atom is 0.271 e. The van der Waals surface area contributed by atoms with E-state index in [0.29, 0.717) is 11.3 Å². The van der Waals surface area contributed by atoms with Gasteiger partial charge in [0.05, 0.1) is 0 Å². The molecule has 1 aromatic carbocycles. The van der Waals surface area contributed by atoms with Crippen LogP contribution in [-0.4, -0.2) is 20.4 Å². The summed E-state index contributed by atoms with van der Waals surface area (Å²) in [6.07, 6.45) is 4.33. The van der Waals surface area contributed by atoms with Gasteiger partial charge < -0.3 is 5.32 Å². The van der Waals surface area contributed by atoms with Gasteiger partial charge in [0.15, 0.2) is 0 Å². The summed E-state index contributed by atoms with van der Waals surface area (Å²) < 4.78 is 27.2. The Labute approximate surface area is 152 Å². The zero-order chi connectivity index (χ0) is 17.9. The molecule has 1 aliphatic rings. The molecule has 0 unspecified atom stereocenters. The number of nitrogens with one attached hydrogen (secondary N) is 2. The lowest BCUT2D eigenvalue weighted by molar-refractivity contribution is 0.0923. The van der Waals surface area contributed by atoms with Gasteiger partial charge in [0.2, 0.25) is 0 Å². The molecule has 0 saturated heterocycles. The van der Waals surface area contributed by atoms with Crippen LogP contribution in [0.2, 0.25) is 0 Å². The molecule has 3 rings (SSSR count). The van der Waals surface area contributed by atoms with Gasteiger partial charge in [-0.3, -0.25) is 9.52 Å². The molecule has 7 heteroatoms. The molecule has 1 heterocycles. The number of carbonyl (C=O) groups excluding carboxylic acids is 1. The van der Waals surface area contributed by atoms with Crippen LogP contribution >= 0.6 is 11.3 Å². The molecule has 0 atom stereocenters. The molecule has 134 valence electrons. The van der Waals surface area contributed by atoms with Gasteiger partial charge in [-0.15, -0.1) is 11.3 Å². The molecule has 0 aliphatic heterocycles. The second kappa shape index (κ2) is 7.58. The van der Waals surface area contributed by atoms with Crippen LogP contribution in [0.3, 0.4) is 0 Å². The Morgan fingerprint density at radius 1 is 1.08 bits per heavy atom. The largest absolute Gasteiger partial charge is 0.349 e. The lowest BCUT2D eigenvalue weighted by atomic mass is 9.87. The highest BCUT2D eigenvalue weighted by molar-refractivity contribution is 7.94. The third-order valence-corrected chi connectivity index (χ3v) is 7.29. The lowest BCUT2D eigenvalue weighted by Gasteiger charge is -2.26. The van der Waals surface area contributed by atoms with E-state index in [2.05, 4.69) is 17.0 Å². The maximum absolute atomic E-state index is 12.3. The Balaban J connectivity index is 1.61. The highest BCUT2D eigenvalue weighted by atomic mass is 32.2. The first-order chi connectivity index (χ1) is 11.9. The van der Waals surface area contributed by atoms with Crippen LogP contribution in [0.1, 0.15) is 43.0 Å². The molecule has 2 N–H and O–H groups in total. The van der Waals surface area contributed by atoms with Crippen molar-refractivity contribution in [3.63, 3.8) is 0 Å². The van der Waals surface area contributed by atoms with Gasteiger partial charge in [-0.1, -0.05) is 13.0 Å². The molecule has 25 heavy (non-hydrogen) atoms. The smallest absolute Gasteiger partial charge is 0.271 e. The van der Waals surface area contributed by atoms with Crippen LogP contribution in [0.15, 0.2) is 46.0 Å². The summed E-state index contributed by atoms with van der Waals surface area (Å²) in [5.74, 6) is 0.635. The van der Waals surface area contributed by atoms with Gasteiger partial charge in [-0.25, -0.2) is 8.42 Å². The summed E-state index contributed by atoms with van der Waals surface area (Å²) in [5, 5.41) is 4.79. The first-order valence-electron chi connectivity index (χ1n) is 8.41. The predicted molar refractivity (Wildman–Crippen MR) is 100 cm³/mol. The standard InChI is InChI=1S/C18H22N2O3S2/c1-13-4-8-15(9-5-13)19-18(21)14-6-10-16(11-7-14)20-25(22,23)17-3-2-12-24-17/h2-3,6-7,10-13,15,20H,4-5,8-9H2,1H3,(H,19,21). The average Bonchev–Trinajstić information content (AvgIpc) is 3.13. The first kappa shape index (κ1) is 17.9. The SMILES string of the molecule is CC1CCC(NC(=O)c2ccc(NS(=O)(=O)c3cccs3)cc2)CC1. The van der Waals surface area contributed by atoms with Crippen LogP contribution in [-0.2, 0) is 10.0 Å². The highest BCUT2D eigenvalue weighted by Crippen LogP contribution is 2.24. The van der Waals surface area contributed by atoms with E-state index in [0.717, 1.165) is 42.9 Å². The van der Waals surface area contributed by atoms with Crippen LogP contribution in [0.25, 0.3) is 0 Å². The summed E-state index contributed by atoms with van der Waals surface area (Å²) >= 11 is 1.16. The molecule has 1 fully saturated rings. The third kappa shape index (κ3) is 4.61. The maximum atomic E-state index is 12.3. The summed E-state index contributed by atoms with van der Waals surface area (Å²) in [6, 6.07) is 10.0. The number of hydrogen-bond acceptors (Lipinski definition) is 4. The molecule has 0 bridgehead atoms. The van der Waals surface area contributed by atoms with Gasteiger partial charge in [-0.05, 0) is 67.3 Å². The summed E-state index contributed by atoms with van der Waals surface area (Å²) in [5.41, 5.74) is 0.981. The fourth-order valence-corrected chi connectivity index (χ4v) is 5.04. The minimum absolute atomic E-state index is 0.104. The normalized spacial score (nSPS) is 20.8. The zero-order valence-electron chi connectivity index (χ0n) is 14.1. The Morgan fingerprint density at radius 2 is 1.76 bits per heavy atom. The summed E-state index contributed by atoms with van der Waals surface area (Å²) in [7, 11) is -3.56. The predicted octanol–water partition coefficient (Wildman–Crippen LogP) is 3.86. The quantitative estimate of drug-likeness (QED) is 0.830. The summed E-state index contributed by atoms with van der Waals surface area (Å²) in [4.78, 5) is 12.3. The lowest BCUT2D eigenvalue weighted by Crippen LogP contribution is -2.37. The molecule has 1 aromatic heterocycles. The second-order valence-electron chi connectivity index (χ2n) is 6.55. The van der Waals surface area contributed by atoms with Crippen molar-refractivity contribution < 1.29 is 13.2 Å². The van der Waals surface area contributed by atoms with Crippen LogP contribution in [0, 0.1) is 5.92 Å². The third-order valence-electron chi connectivity index (χ3n) is 4.51. The minimum Gasteiger partial charge on any atom is -0.349 e. The van der Waals surface area contributed by atoms with E-state index < -0.39 is 10.0 Å². The molecule has 2 aromatic rings. The molecule has 0 spiro atoms.